The molecule has 0 spiro atoms. The van der Waals surface area contributed by atoms with Crippen LogP contribution in [0.25, 0.3) is 33.4 Å². The van der Waals surface area contributed by atoms with Gasteiger partial charge in [-0.25, -0.2) is 17.4 Å². The molecule has 1 aliphatic rings. The molecule has 3 N–H and O–H groups in total. The largest absolute Gasteiger partial charge is 0.368 e. The molecule has 5 rings (SSSR count). The number of anilines is 1. The van der Waals surface area contributed by atoms with E-state index in [9.17, 15) is 16.8 Å². The Hall–Kier alpha value is -3.22. The summed E-state index contributed by atoms with van der Waals surface area (Å²) in [6, 6.07) is 15.8. The quantitative estimate of drug-likeness (QED) is 0.392. The van der Waals surface area contributed by atoms with E-state index in [0.717, 1.165) is 41.8 Å². The zero-order valence-corrected chi connectivity index (χ0v) is 21.2. The first-order valence-corrected chi connectivity index (χ1v) is 14.3. The predicted octanol–water partition coefficient (Wildman–Crippen LogP) is 3.19. The summed E-state index contributed by atoms with van der Waals surface area (Å²) >= 11 is 0. The second-order valence-corrected chi connectivity index (χ2v) is 12.4. The topological polar surface area (TPSA) is 150 Å². The molecule has 0 bridgehead atoms. The highest BCUT2D eigenvalue weighted by molar-refractivity contribution is 7.90. The fourth-order valence-corrected chi connectivity index (χ4v) is 5.28. The second kappa shape index (κ2) is 9.10. The van der Waals surface area contributed by atoms with Gasteiger partial charge in [-0.2, -0.15) is 13.5 Å². The minimum Gasteiger partial charge on any atom is -0.368 e. The van der Waals surface area contributed by atoms with E-state index < -0.39 is 25.4 Å². The van der Waals surface area contributed by atoms with E-state index in [0.29, 0.717) is 17.3 Å². The first-order valence-electron chi connectivity index (χ1n) is 11.0. The van der Waals surface area contributed by atoms with Gasteiger partial charge in [0.2, 0.25) is 16.0 Å². The van der Waals surface area contributed by atoms with Gasteiger partial charge in [-0.15, -0.1) is 0 Å². The summed E-state index contributed by atoms with van der Waals surface area (Å²) in [5.74, 6) is -0.0145. The number of hydrogen-bond donors (Lipinski definition) is 2. The maximum Gasteiger partial charge on any atom is 0.261 e. The standard InChI is InChI=1S/C22H23N5O2S.CH4O3S/c1-14(2)30(28,29)27-19-13-16(10-11-17(19)24-22(27)23)20-18-9-6-12-26(18)25-21(20)15-7-4-3-5-8-15;1-5(2,3)4/h3-5,7-8,10-11,13-14H,6,9,12H2,1-2H3,(H2,23,24);1H3,(H,2,3,4). The van der Waals surface area contributed by atoms with Gasteiger partial charge >= 0.3 is 0 Å². The van der Waals surface area contributed by atoms with Gasteiger partial charge < -0.3 is 5.73 Å². The third kappa shape index (κ3) is 4.95. The van der Waals surface area contributed by atoms with E-state index in [1.54, 1.807) is 13.8 Å². The lowest BCUT2D eigenvalue weighted by Crippen LogP contribution is -2.23. The minimum absolute atomic E-state index is 0.0145. The van der Waals surface area contributed by atoms with Crippen molar-refractivity contribution in [2.24, 2.45) is 0 Å². The summed E-state index contributed by atoms with van der Waals surface area (Å²) in [5.41, 5.74) is 12.2. The minimum atomic E-state index is -3.67. The van der Waals surface area contributed by atoms with Crippen LogP contribution in [-0.4, -0.2) is 51.6 Å². The van der Waals surface area contributed by atoms with Gasteiger partial charge in [-0.1, -0.05) is 36.4 Å². The Morgan fingerprint density at radius 3 is 2.31 bits per heavy atom. The maximum absolute atomic E-state index is 12.9. The highest BCUT2D eigenvalue weighted by Crippen LogP contribution is 2.39. The smallest absolute Gasteiger partial charge is 0.261 e. The van der Waals surface area contributed by atoms with Crippen molar-refractivity contribution < 1.29 is 21.4 Å². The van der Waals surface area contributed by atoms with Crippen LogP contribution >= 0.6 is 0 Å². The zero-order chi connectivity index (χ0) is 25.5. The van der Waals surface area contributed by atoms with E-state index in [-0.39, 0.29) is 5.95 Å². The Kier molecular flexibility index (Phi) is 6.47. The number of hydrogen-bond acceptors (Lipinski definition) is 7. The molecule has 0 unspecified atom stereocenters. The molecule has 0 saturated heterocycles. The van der Waals surface area contributed by atoms with Gasteiger partial charge in [0.05, 0.1) is 22.5 Å². The number of fused-ring (bicyclic) bond motifs is 2. The molecule has 0 fully saturated rings. The second-order valence-electron chi connectivity index (χ2n) is 8.63. The van der Waals surface area contributed by atoms with Crippen molar-refractivity contribution in [3.8, 4) is 22.4 Å². The molecule has 0 atom stereocenters. The van der Waals surface area contributed by atoms with Crippen molar-refractivity contribution in [1.29, 1.82) is 0 Å². The highest BCUT2D eigenvalue weighted by atomic mass is 32.2. The van der Waals surface area contributed by atoms with Crippen molar-refractivity contribution >= 4 is 37.1 Å². The van der Waals surface area contributed by atoms with Gasteiger partial charge in [0.15, 0.2) is 0 Å². The van der Waals surface area contributed by atoms with E-state index in [1.807, 2.05) is 48.5 Å². The van der Waals surface area contributed by atoms with Crippen LogP contribution in [0.1, 0.15) is 26.0 Å². The molecule has 1 aliphatic heterocycles. The Morgan fingerprint density at radius 2 is 1.69 bits per heavy atom. The molecule has 12 heteroatoms. The molecule has 35 heavy (non-hydrogen) atoms. The summed E-state index contributed by atoms with van der Waals surface area (Å²) in [5, 5.41) is 4.26. The fraction of sp³-hybridized carbons (Fsp3) is 0.304. The molecule has 186 valence electrons. The Bertz CT molecular complexity index is 1600. The van der Waals surface area contributed by atoms with Gasteiger partial charge in [0, 0.05) is 23.4 Å². The number of aromatic nitrogens is 4. The summed E-state index contributed by atoms with van der Waals surface area (Å²) in [7, 11) is -7.31. The zero-order valence-electron chi connectivity index (χ0n) is 19.6. The average Bonchev–Trinajstić information content (AvgIpc) is 3.44. The van der Waals surface area contributed by atoms with Crippen molar-refractivity contribution in [3.05, 3.63) is 54.2 Å². The third-order valence-corrected chi connectivity index (χ3v) is 7.75. The number of rotatable bonds is 4. The number of benzene rings is 2. The predicted molar refractivity (Wildman–Crippen MR) is 136 cm³/mol. The first-order chi connectivity index (χ1) is 16.4. The van der Waals surface area contributed by atoms with Crippen LogP contribution in [0.15, 0.2) is 48.5 Å². The van der Waals surface area contributed by atoms with E-state index in [2.05, 4.69) is 9.67 Å². The third-order valence-electron chi connectivity index (χ3n) is 5.66. The SMILES string of the molecule is CC(C)S(=O)(=O)n1c(N)nc2ccc(-c3c(-c4ccccc4)nn4c3CCC4)cc21.CS(=O)(=O)O. The van der Waals surface area contributed by atoms with Crippen LogP contribution in [0.5, 0.6) is 0 Å². The lowest BCUT2D eigenvalue weighted by atomic mass is 9.97. The van der Waals surface area contributed by atoms with E-state index >= 15 is 0 Å². The fourth-order valence-electron chi connectivity index (χ4n) is 4.14. The van der Waals surface area contributed by atoms with Crippen molar-refractivity contribution in [2.75, 3.05) is 12.0 Å². The Morgan fingerprint density at radius 1 is 1.03 bits per heavy atom. The lowest BCUT2D eigenvalue weighted by molar-refractivity contribution is 0.490. The molecule has 2 aromatic heterocycles. The molecule has 3 heterocycles. The molecule has 2 aromatic carbocycles. The van der Waals surface area contributed by atoms with Crippen LogP contribution in [0.2, 0.25) is 0 Å². The summed E-state index contributed by atoms with van der Waals surface area (Å²) in [4.78, 5) is 4.28. The van der Waals surface area contributed by atoms with E-state index in [4.69, 9.17) is 15.4 Å². The molecule has 0 aliphatic carbocycles. The van der Waals surface area contributed by atoms with Gasteiger partial charge in [-0.05, 0) is 44.4 Å². The Labute approximate surface area is 204 Å². The van der Waals surface area contributed by atoms with Crippen LogP contribution in [0.4, 0.5) is 5.95 Å². The maximum atomic E-state index is 12.9. The number of nitrogens with two attached hydrogens (primary N) is 1. The lowest BCUT2D eigenvalue weighted by Gasteiger charge is -2.12. The number of nitrogens with zero attached hydrogens (tertiary/aromatic N) is 4. The van der Waals surface area contributed by atoms with Crippen LogP contribution in [0, 0.1) is 0 Å². The summed E-state index contributed by atoms with van der Waals surface area (Å²) in [6.45, 7) is 4.18. The Balaban J connectivity index is 0.000000527. The number of aryl methyl sites for hydroxylation is 1. The van der Waals surface area contributed by atoms with Gasteiger partial charge in [0.1, 0.15) is 5.69 Å². The van der Waals surface area contributed by atoms with Crippen molar-refractivity contribution in [1.82, 2.24) is 18.7 Å². The van der Waals surface area contributed by atoms with Gasteiger partial charge in [0.25, 0.3) is 10.1 Å². The van der Waals surface area contributed by atoms with E-state index in [1.165, 1.54) is 9.67 Å². The summed E-state index contributed by atoms with van der Waals surface area (Å²) < 4.78 is 55.0. The normalized spacial score (nSPS) is 13.6. The molecular formula is C23H27N5O5S2. The molecular weight excluding hydrogens is 490 g/mol. The first kappa shape index (κ1) is 24.9. The number of nitrogen functional groups attached to an aromatic ring is 1. The molecule has 0 amide bonds. The van der Waals surface area contributed by atoms with Crippen molar-refractivity contribution in [3.63, 3.8) is 0 Å². The average molecular weight is 518 g/mol. The van der Waals surface area contributed by atoms with Gasteiger partial charge in [-0.3, -0.25) is 9.23 Å². The molecule has 4 aromatic rings. The summed E-state index contributed by atoms with van der Waals surface area (Å²) in [6.07, 6.45) is 2.71. The van der Waals surface area contributed by atoms with Crippen molar-refractivity contribution in [2.45, 2.75) is 38.5 Å². The van der Waals surface area contributed by atoms with Crippen LogP contribution in [0.3, 0.4) is 0 Å². The van der Waals surface area contributed by atoms with Crippen LogP contribution < -0.4 is 5.73 Å². The molecule has 0 saturated carbocycles. The number of imidazole rings is 1. The molecule has 0 radical (unpaired) electrons. The van der Waals surface area contributed by atoms with Crippen LogP contribution in [-0.2, 0) is 33.1 Å². The highest BCUT2D eigenvalue weighted by Gasteiger charge is 2.27. The molecule has 10 nitrogen and oxygen atoms in total. The monoisotopic (exact) mass is 517 g/mol.